The molecule has 0 aliphatic heterocycles. The van der Waals surface area contributed by atoms with E-state index in [2.05, 4.69) is 17.0 Å². The van der Waals surface area contributed by atoms with E-state index in [0.29, 0.717) is 6.54 Å². The van der Waals surface area contributed by atoms with Gasteiger partial charge in [-0.2, -0.15) is 0 Å². The summed E-state index contributed by atoms with van der Waals surface area (Å²) in [6, 6.07) is 0. The van der Waals surface area contributed by atoms with Gasteiger partial charge in [-0.15, -0.1) is 0 Å². The number of allylic oxidation sites excluding steroid dienone is 1. The van der Waals surface area contributed by atoms with E-state index in [0.717, 1.165) is 19.3 Å². The summed E-state index contributed by atoms with van der Waals surface area (Å²) < 4.78 is 4.64. The number of hydrogen-bond donors (Lipinski definition) is 1. The zero-order valence-corrected chi connectivity index (χ0v) is 10.6. The highest BCUT2D eigenvalue weighted by atomic mass is 16.6. The van der Waals surface area contributed by atoms with Gasteiger partial charge in [0.2, 0.25) is 0 Å². The Bertz CT molecular complexity index is 300. The molecule has 0 saturated heterocycles. The Morgan fingerprint density at radius 2 is 2.00 bits per heavy atom. The van der Waals surface area contributed by atoms with E-state index in [-0.39, 0.29) is 12.3 Å². The molecule has 0 rings (SSSR count). The van der Waals surface area contributed by atoms with E-state index < -0.39 is 16.6 Å². The SMILES string of the molecule is CCCCCN/C(C)=C(\C(=O)OCC)[N+](=O)[O-]. The molecule has 0 radical (unpaired) electrons. The van der Waals surface area contributed by atoms with Crippen molar-refractivity contribution in [3.05, 3.63) is 21.5 Å². The van der Waals surface area contributed by atoms with Gasteiger partial charge in [-0.25, -0.2) is 4.79 Å². The van der Waals surface area contributed by atoms with Crippen LogP contribution in [0.15, 0.2) is 11.4 Å². The lowest BCUT2D eigenvalue weighted by molar-refractivity contribution is -0.422. The Labute approximate surface area is 101 Å². The fourth-order valence-corrected chi connectivity index (χ4v) is 1.30. The molecule has 6 nitrogen and oxygen atoms in total. The Hall–Kier alpha value is -1.59. The van der Waals surface area contributed by atoms with Gasteiger partial charge in [-0.1, -0.05) is 19.8 Å². The van der Waals surface area contributed by atoms with E-state index >= 15 is 0 Å². The van der Waals surface area contributed by atoms with Crippen LogP contribution in [0.5, 0.6) is 0 Å². The number of carbonyl (C=O) groups is 1. The highest BCUT2D eigenvalue weighted by Gasteiger charge is 2.26. The lowest BCUT2D eigenvalue weighted by Crippen LogP contribution is -2.23. The first kappa shape index (κ1) is 15.4. The summed E-state index contributed by atoms with van der Waals surface area (Å²) in [5.74, 6) is -0.891. The maximum absolute atomic E-state index is 11.4. The van der Waals surface area contributed by atoms with Crippen molar-refractivity contribution in [1.82, 2.24) is 5.32 Å². The zero-order valence-electron chi connectivity index (χ0n) is 10.6. The van der Waals surface area contributed by atoms with Gasteiger partial charge < -0.3 is 10.1 Å². The average Bonchev–Trinajstić information content (AvgIpc) is 2.24. The van der Waals surface area contributed by atoms with Gasteiger partial charge in [0, 0.05) is 6.54 Å². The molecular formula is C11H20N2O4. The fraction of sp³-hybridized carbons (Fsp3) is 0.727. The minimum Gasteiger partial charge on any atom is -0.458 e. The van der Waals surface area contributed by atoms with Crippen LogP contribution in [0.25, 0.3) is 0 Å². The zero-order chi connectivity index (χ0) is 13.3. The number of hydrogen-bond acceptors (Lipinski definition) is 5. The number of rotatable bonds is 8. The van der Waals surface area contributed by atoms with Crippen molar-refractivity contribution in [2.24, 2.45) is 0 Å². The minimum atomic E-state index is -0.891. The number of unbranched alkanes of at least 4 members (excludes halogenated alkanes) is 2. The molecule has 17 heavy (non-hydrogen) atoms. The summed E-state index contributed by atoms with van der Waals surface area (Å²) in [4.78, 5) is 21.4. The number of nitrogens with zero attached hydrogens (tertiary/aromatic N) is 1. The van der Waals surface area contributed by atoms with Crippen LogP contribution < -0.4 is 5.32 Å². The molecule has 0 fully saturated rings. The standard InChI is InChI=1S/C11H20N2O4/c1-4-6-7-8-12-9(3)10(13(15)16)11(14)17-5-2/h12H,4-8H2,1-3H3/b10-9+. The van der Waals surface area contributed by atoms with Crippen LogP contribution in [0.4, 0.5) is 0 Å². The number of carbonyl (C=O) groups excluding carboxylic acids is 1. The maximum Gasteiger partial charge on any atom is 0.411 e. The van der Waals surface area contributed by atoms with Crippen LogP contribution in [0.2, 0.25) is 0 Å². The Morgan fingerprint density at radius 1 is 1.35 bits per heavy atom. The Morgan fingerprint density at radius 3 is 2.47 bits per heavy atom. The van der Waals surface area contributed by atoms with Crippen molar-refractivity contribution in [1.29, 1.82) is 0 Å². The molecule has 0 saturated carbocycles. The summed E-state index contributed by atoms with van der Waals surface area (Å²) >= 11 is 0. The topological polar surface area (TPSA) is 81.5 Å². The van der Waals surface area contributed by atoms with Crippen molar-refractivity contribution in [2.45, 2.75) is 40.0 Å². The van der Waals surface area contributed by atoms with Gasteiger partial charge in [0.05, 0.1) is 17.2 Å². The molecule has 0 aliphatic carbocycles. The number of ether oxygens (including phenoxy) is 1. The van der Waals surface area contributed by atoms with E-state index in [1.54, 1.807) is 6.92 Å². The monoisotopic (exact) mass is 244 g/mol. The van der Waals surface area contributed by atoms with Gasteiger partial charge in [0.15, 0.2) is 0 Å². The van der Waals surface area contributed by atoms with Crippen LogP contribution in [-0.2, 0) is 9.53 Å². The summed E-state index contributed by atoms with van der Waals surface area (Å²) in [6.45, 7) is 5.94. The second kappa shape index (κ2) is 8.55. The average molecular weight is 244 g/mol. The quantitative estimate of drug-likeness (QED) is 0.231. The van der Waals surface area contributed by atoms with Crippen molar-refractivity contribution in [2.75, 3.05) is 13.2 Å². The molecule has 0 atom stereocenters. The Kier molecular flexibility index (Phi) is 7.75. The molecule has 0 aliphatic rings. The van der Waals surface area contributed by atoms with E-state index in [1.165, 1.54) is 6.92 Å². The minimum absolute atomic E-state index is 0.124. The molecule has 0 heterocycles. The van der Waals surface area contributed by atoms with Crippen molar-refractivity contribution in [3.63, 3.8) is 0 Å². The molecule has 0 aromatic rings. The molecule has 0 unspecified atom stereocenters. The van der Waals surface area contributed by atoms with Crippen LogP contribution in [-0.4, -0.2) is 24.0 Å². The highest BCUT2D eigenvalue weighted by Crippen LogP contribution is 2.05. The fourth-order valence-electron chi connectivity index (χ4n) is 1.30. The number of esters is 1. The molecule has 0 bridgehead atoms. The van der Waals surface area contributed by atoms with Crippen LogP contribution in [0.3, 0.4) is 0 Å². The van der Waals surface area contributed by atoms with Crippen molar-refractivity contribution in [3.8, 4) is 0 Å². The third-order valence-corrected chi connectivity index (χ3v) is 2.18. The maximum atomic E-state index is 11.4. The molecule has 0 aromatic carbocycles. The summed E-state index contributed by atoms with van der Waals surface area (Å²) in [6.07, 6.45) is 3.04. The molecular weight excluding hydrogens is 224 g/mol. The lowest BCUT2D eigenvalue weighted by Gasteiger charge is -2.07. The third kappa shape index (κ3) is 5.89. The molecule has 6 heteroatoms. The first-order chi connectivity index (χ1) is 8.04. The summed E-state index contributed by atoms with van der Waals surface area (Å²) in [5, 5.41) is 13.6. The van der Waals surface area contributed by atoms with Crippen molar-refractivity contribution < 1.29 is 14.5 Å². The van der Waals surface area contributed by atoms with Gasteiger partial charge >= 0.3 is 11.7 Å². The van der Waals surface area contributed by atoms with Gasteiger partial charge in [-0.05, 0) is 20.3 Å². The second-order valence-corrected chi connectivity index (χ2v) is 3.59. The normalized spacial score (nSPS) is 11.7. The summed E-state index contributed by atoms with van der Waals surface area (Å²) in [7, 11) is 0. The number of nitrogens with one attached hydrogen (secondary N) is 1. The van der Waals surface area contributed by atoms with Crippen LogP contribution in [0.1, 0.15) is 40.0 Å². The predicted molar refractivity (Wildman–Crippen MR) is 63.9 cm³/mol. The number of nitro groups is 1. The molecule has 98 valence electrons. The van der Waals surface area contributed by atoms with E-state index in [9.17, 15) is 14.9 Å². The highest BCUT2D eigenvalue weighted by molar-refractivity contribution is 5.86. The van der Waals surface area contributed by atoms with Crippen LogP contribution in [0, 0.1) is 10.1 Å². The predicted octanol–water partition coefficient (Wildman–Crippen LogP) is 1.84. The van der Waals surface area contributed by atoms with Gasteiger partial charge in [0.1, 0.15) is 0 Å². The van der Waals surface area contributed by atoms with E-state index in [1.807, 2.05) is 0 Å². The summed E-state index contributed by atoms with van der Waals surface area (Å²) in [5.41, 5.74) is -0.257. The second-order valence-electron chi connectivity index (χ2n) is 3.59. The molecule has 0 amide bonds. The Balaban J connectivity index is 4.53. The lowest BCUT2D eigenvalue weighted by atomic mass is 10.2. The molecule has 0 spiro atoms. The molecule has 0 aromatic heterocycles. The largest absolute Gasteiger partial charge is 0.458 e. The van der Waals surface area contributed by atoms with Gasteiger partial charge in [0.25, 0.3) is 0 Å². The third-order valence-electron chi connectivity index (χ3n) is 2.18. The first-order valence-corrected chi connectivity index (χ1v) is 5.80. The van der Waals surface area contributed by atoms with Crippen LogP contribution >= 0.6 is 0 Å². The smallest absolute Gasteiger partial charge is 0.411 e. The first-order valence-electron chi connectivity index (χ1n) is 5.80. The van der Waals surface area contributed by atoms with Crippen molar-refractivity contribution >= 4 is 5.97 Å². The molecule has 1 N–H and O–H groups in total. The van der Waals surface area contributed by atoms with Gasteiger partial charge in [-0.3, -0.25) is 10.1 Å². The van der Waals surface area contributed by atoms with E-state index in [4.69, 9.17) is 0 Å².